The molecular weight excluding hydrogens is 406 g/mol. The standard InChI is InChI=1S/C23H27N7O2/c1-4-24-23-25-12-18-20(27-23)29-10-6-9-17(29)13-30(22(18)31)16-8-5-7-15(11-16)19-26-21(14(2)3)32-28-19/h5,7-8,11-12,14,17H,4,6,9-10,13H2,1-3H3,(H,24,25,27)/t17-/m0/s1. The van der Waals surface area contributed by atoms with Crippen molar-refractivity contribution in [3.8, 4) is 11.4 Å². The summed E-state index contributed by atoms with van der Waals surface area (Å²) in [4.78, 5) is 31.3. The SMILES string of the molecule is CCNc1ncc2c(n1)N1CCC[C@H]1CN(c1cccc(-c3noc(C(C)C)n3)c1)C2=O. The van der Waals surface area contributed by atoms with Gasteiger partial charge in [0, 0.05) is 49.0 Å². The zero-order valence-electron chi connectivity index (χ0n) is 18.6. The Hall–Kier alpha value is -3.49. The zero-order chi connectivity index (χ0) is 22.2. The Bertz CT molecular complexity index is 1140. The maximum absolute atomic E-state index is 13.6. The van der Waals surface area contributed by atoms with Crippen LogP contribution < -0.4 is 15.1 Å². The average Bonchev–Trinajstić information content (AvgIpc) is 3.45. The number of carbonyl (C=O) groups is 1. The first-order valence-electron chi connectivity index (χ1n) is 11.2. The molecule has 1 N–H and O–H groups in total. The van der Waals surface area contributed by atoms with Crippen molar-refractivity contribution in [3.63, 3.8) is 0 Å². The summed E-state index contributed by atoms with van der Waals surface area (Å²) in [6.45, 7) is 8.24. The molecule has 3 aromatic rings. The van der Waals surface area contributed by atoms with E-state index in [1.165, 1.54) is 0 Å². The summed E-state index contributed by atoms with van der Waals surface area (Å²) in [6, 6.07) is 7.97. The second-order valence-electron chi connectivity index (χ2n) is 8.53. The van der Waals surface area contributed by atoms with E-state index < -0.39 is 0 Å². The van der Waals surface area contributed by atoms with Crippen molar-refractivity contribution >= 4 is 23.4 Å². The fraction of sp³-hybridized carbons (Fsp3) is 0.435. The molecule has 1 saturated heterocycles. The largest absolute Gasteiger partial charge is 0.354 e. The summed E-state index contributed by atoms with van der Waals surface area (Å²) in [5.41, 5.74) is 2.15. The van der Waals surface area contributed by atoms with Gasteiger partial charge in [-0.2, -0.15) is 9.97 Å². The van der Waals surface area contributed by atoms with E-state index in [0.29, 0.717) is 29.8 Å². The number of nitrogens with zero attached hydrogens (tertiary/aromatic N) is 6. The normalized spacial score (nSPS) is 18.0. The Balaban J connectivity index is 1.53. The Morgan fingerprint density at radius 2 is 2.16 bits per heavy atom. The van der Waals surface area contributed by atoms with Crippen LogP contribution in [-0.2, 0) is 0 Å². The molecule has 1 fully saturated rings. The Morgan fingerprint density at radius 1 is 1.28 bits per heavy atom. The van der Waals surface area contributed by atoms with E-state index in [9.17, 15) is 4.79 Å². The summed E-state index contributed by atoms with van der Waals surface area (Å²) >= 11 is 0. The predicted octanol–water partition coefficient (Wildman–Crippen LogP) is 3.71. The van der Waals surface area contributed by atoms with E-state index >= 15 is 0 Å². The number of fused-ring (bicyclic) bond motifs is 3. The zero-order valence-corrected chi connectivity index (χ0v) is 18.6. The molecule has 9 nitrogen and oxygen atoms in total. The molecule has 0 unspecified atom stereocenters. The molecule has 4 heterocycles. The van der Waals surface area contributed by atoms with Gasteiger partial charge >= 0.3 is 0 Å². The summed E-state index contributed by atoms with van der Waals surface area (Å²) < 4.78 is 5.37. The number of aromatic nitrogens is 4. The van der Waals surface area contributed by atoms with Crippen LogP contribution in [0.5, 0.6) is 0 Å². The molecular formula is C23H27N7O2. The molecule has 0 saturated carbocycles. The lowest BCUT2D eigenvalue weighted by molar-refractivity contribution is 0.0988. The molecule has 1 atom stereocenters. The first-order valence-corrected chi connectivity index (χ1v) is 11.2. The lowest BCUT2D eigenvalue weighted by atomic mass is 10.1. The second kappa shape index (κ2) is 8.22. The summed E-state index contributed by atoms with van der Waals surface area (Å²) in [5, 5.41) is 7.28. The molecule has 2 aliphatic rings. The van der Waals surface area contributed by atoms with Crippen LogP contribution in [0.15, 0.2) is 35.0 Å². The van der Waals surface area contributed by atoms with Gasteiger partial charge in [-0.25, -0.2) is 4.98 Å². The average molecular weight is 434 g/mol. The first kappa shape index (κ1) is 20.4. The van der Waals surface area contributed by atoms with Crippen LogP contribution in [0.2, 0.25) is 0 Å². The fourth-order valence-electron chi connectivity index (χ4n) is 4.35. The number of amides is 1. The molecule has 2 aliphatic heterocycles. The molecule has 1 amide bonds. The molecule has 0 radical (unpaired) electrons. The number of benzene rings is 1. The topological polar surface area (TPSA) is 100 Å². The van der Waals surface area contributed by atoms with Crippen LogP contribution >= 0.6 is 0 Å². The maximum atomic E-state index is 13.6. The van der Waals surface area contributed by atoms with Crippen molar-refractivity contribution in [2.24, 2.45) is 0 Å². The minimum Gasteiger partial charge on any atom is -0.354 e. The summed E-state index contributed by atoms with van der Waals surface area (Å²) in [6.07, 6.45) is 3.74. The predicted molar refractivity (Wildman–Crippen MR) is 122 cm³/mol. The maximum Gasteiger partial charge on any atom is 0.263 e. The van der Waals surface area contributed by atoms with Gasteiger partial charge in [-0.05, 0) is 31.9 Å². The van der Waals surface area contributed by atoms with Crippen LogP contribution in [-0.4, -0.2) is 51.7 Å². The smallest absolute Gasteiger partial charge is 0.263 e. The number of rotatable bonds is 5. The molecule has 32 heavy (non-hydrogen) atoms. The van der Waals surface area contributed by atoms with Crippen molar-refractivity contribution in [1.29, 1.82) is 0 Å². The van der Waals surface area contributed by atoms with E-state index in [1.807, 2.05) is 49.9 Å². The van der Waals surface area contributed by atoms with Gasteiger partial charge in [0.1, 0.15) is 11.4 Å². The summed E-state index contributed by atoms with van der Waals surface area (Å²) in [5.74, 6) is 2.47. The van der Waals surface area contributed by atoms with Crippen molar-refractivity contribution in [2.45, 2.75) is 45.6 Å². The van der Waals surface area contributed by atoms with Crippen LogP contribution in [0.25, 0.3) is 11.4 Å². The minimum atomic E-state index is -0.0921. The number of carbonyl (C=O) groups excluding carboxylic acids is 1. The first-order chi connectivity index (χ1) is 15.5. The molecule has 0 aliphatic carbocycles. The van der Waals surface area contributed by atoms with Crippen LogP contribution in [0.1, 0.15) is 55.8 Å². The van der Waals surface area contributed by atoms with Crippen molar-refractivity contribution in [3.05, 3.63) is 41.9 Å². The number of anilines is 3. The molecule has 1 aromatic carbocycles. The molecule has 0 bridgehead atoms. The lowest BCUT2D eigenvalue weighted by Gasteiger charge is -2.27. The van der Waals surface area contributed by atoms with E-state index in [1.54, 1.807) is 6.20 Å². The van der Waals surface area contributed by atoms with E-state index in [0.717, 1.165) is 43.0 Å². The van der Waals surface area contributed by atoms with Crippen LogP contribution in [0.3, 0.4) is 0 Å². The van der Waals surface area contributed by atoms with Gasteiger partial charge in [0.05, 0.1) is 0 Å². The third kappa shape index (κ3) is 3.57. The number of hydrogen-bond acceptors (Lipinski definition) is 8. The highest BCUT2D eigenvalue weighted by atomic mass is 16.5. The van der Waals surface area contributed by atoms with Gasteiger partial charge in [-0.3, -0.25) is 4.79 Å². The highest BCUT2D eigenvalue weighted by molar-refractivity contribution is 6.10. The van der Waals surface area contributed by atoms with Crippen molar-refractivity contribution in [1.82, 2.24) is 20.1 Å². The van der Waals surface area contributed by atoms with Crippen molar-refractivity contribution < 1.29 is 9.32 Å². The molecule has 2 aromatic heterocycles. The van der Waals surface area contributed by atoms with Crippen LogP contribution in [0, 0.1) is 0 Å². The molecule has 5 rings (SSSR count). The molecule has 166 valence electrons. The van der Waals surface area contributed by atoms with Crippen LogP contribution in [0.4, 0.5) is 17.5 Å². The molecule has 9 heteroatoms. The van der Waals surface area contributed by atoms with E-state index in [-0.39, 0.29) is 17.9 Å². The Morgan fingerprint density at radius 3 is 2.94 bits per heavy atom. The van der Waals surface area contributed by atoms with Gasteiger partial charge in [-0.15, -0.1) is 0 Å². The number of hydrogen-bond donors (Lipinski definition) is 1. The summed E-state index contributed by atoms with van der Waals surface area (Å²) in [7, 11) is 0. The van der Waals surface area contributed by atoms with Gasteiger partial charge in [0.25, 0.3) is 5.91 Å². The van der Waals surface area contributed by atoms with Crippen molar-refractivity contribution in [2.75, 3.05) is 34.8 Å². The highest BCUT2D eigenvalue weighted by Gasteiger charge is 2.37. The Labute approximate surface area is 186 Å². The Kier molecular flexibility index (Phi) is 5.24. The quantitative estimate of drug-likeness (QED) is 0.650. The molecule has 0 spiro atoms. The number of nitrogens with one attached hydrogen (secondary N) is 1. The van der Waals surface area contributed by atoms with Gasteiger partial charge in [0.2, 0.25) is 17.7 Å². The van der Waals surface area contributed by atoms with Gasteiger partial charge in [-0.1, -0.05) is 31.1 Å². The third-order valence-electron chi connectivity index (χ3n) is 5.97. The fourth-order valence-corrected chi connectivity index (χ4v) is 4.35. The highest BCUT2D eigenvalue weighted by Crippen LogP contribution is 2.35. The van der Waals surface area contributed by atoms with E-state index in [2.05, 4.69) is 25.3 Å². The third-order valence-corrected chi connectivity index (χ3v) is 5.97. The van der Waals surface area contributed by atoms with Gasteiger partial charge < -0.3 is 19.6 Å². The lowest BCUT2D eigenvalue weighted by Crippen LogP contribution is -2.39. The monoisotopic (exact) mass is 433 g/mol. The minimum absolute atomic E-state index is 0.0921. The second-order valence-corrected chi connectivity index (χ2v) is 8.53. The van der Waals surface area contributed by atoms with Gasteiger partial charge in [0.15, 0.2) is 0 Å². The van der Waals surface area contributed by atoms with E-state index in [4.69, 9.17) is 9.51 Å².